The highest BCUT2D eigenvalue weighted by molar-refractivity contribution is 5.92. The van der Waals surface area contributed by atoms with Crippen molar-refractivity contribution >= 4 is 5.91 Å². The van der Waals surface area contributed by atoms with Crippen LogP contribution in [0.5, 0.6) is 0 Å². The van der Waals surface area contributed by atoms with E-state index in [2.05, 4.69) is 20.9 Å². The van der Waals surface area contributed by atoms with Gasteiger partial charge in [0.05, 0.1) is 11.7 Å². The maximum absolute atomic E-state index is 11.4. The molecule has 0 radical (unpaired) electrons. The molecule has 2 heterocycles. The number of rotatable bonds is 6. The number of pyridine rings is 1. The molecule has 0 bridgehead atoms. The maximum atomic E-state index is 11.4. The number of carbonyl (C=O) groups is 1. The van der Waals surface area contributed by atoms with E-state index < -0.39 is 5.91 Å². The summed E-state index contributed by atoms with van der Waals surface area (Å²) in [6.07, 6.45) is 7.11. The third kappa shape index (κ3) is 3.97. The zero-order valence-electron chi connectivity index (χ0n) is 16.1. The van der Waals surface area contributed by atoms with Gasteiger partial charge in [0.1, 0.15) is 5.82 Å². The Kier molecular flexibility index (Phi) is 5.21. The largest absolute Gasteiger partial charge is 0.366 e. The lowest BCUT2D eigenvalue weighted by Crippen LogP contribution is -2.31. The van der Waals surface area contributed by atoms with Crippen LogP contribution in [-0.4, -0.2) is 25.8 Å². The molecule has 0 fully saturated rings. The highest BCUT2D eigenvalue weighted by Crippen LogP contribution is 2.34. The standard InChI is InChI=1S/C22H25N5O/c1-15-25-12-19(26-15)14-27(13-16-7-9-18(10-8-16)22(23)28)20-6-2-4-17-5-3-11-24-21(17)20/h3,5,7-12,20H,2,4,6,13-14H2,1H3,(H2,23,28)(H,25,26). The first-order chi connectivity index (χ1) is 13.6. The molecule has 6 heteroatoms. The van der Waals surface area contributed by atoms with Gasteiger partial charge in [-0.2, -0.15) is 0 Å². The van der Waals surface area contributed by atoms with Gasteiger partial charge >= 0.3 is 0 Å². The summed E-state index contributed by atoms with van der Waals surface area (Å²) < 4.78 is 0. The third-order valence-corrected chi connectivity index (χ3v) is 5.36. The van der Waals surface area contributed by atoms with Crippen molar-refractivity contribution in [2.75, 3.05) is 0 Å². The Hall–Kier alpha value is -2.99. The van der Waals surface area contributed by atoms with E-state index in [-0.39, 0.29) is 6.04 Å². The van der Waals surface area contributed by atoms with Crippen molar-refractivity contribution < 1.29 is 4.79 Å². The number of H-pyrrole nitrogens is 1. The molecule has 1 amide bonds. The predicted octanol–water partition coefficient (Wildman–Crippen LogP) is 3.29. The van der Waals surface area contributed by atoms with Crippen molar-refractivity contribution in [1.29, 1.82) is 0 Å². The zero-order valence-corrected chi connectivity index (χ0v) is 16.1. The first kappa shape index (κ1) is 18.4. The Morgan fingerprint density at radius 2 is 2.04 bits per heavy atom. The van der Waals surface area contributed by atoms with E-state index in [1.165, 1.54) is 11.3 Å². The monoisotopic (exact) mass is 375 g/mol. The number of carbonyl (C=O) groups excluding carboxylic acids is 1. The van der Waals surface area contributed by atoms with Crippen molar-refractivity contribution in [3.63, 3.8) is 0 Å². The van der Waals surface area contributed by atoms with Gasteiger partial charge in [-0.05, 0) is 55.5 Å². The molecule has 6 nitrogen and oxygen atoms in total. The Morgan fingerprint density at radius 3 is 2.75 bits per heavy atom. The van der Waals surface area contributed by atoms with Gasteiger partial charge in [0.2, 0.25) is 5.91 Å². The lowest BCUT2D eigenvalue weighted by atomic mass is 9.90. The molecule has 144 valence electrons. The summed E-state index contributed by atoms with van der Waals surface area (Å²) in [7, 11) is 0. The number of nitrogens with one attached hydrogen (secondary N) is 1. The number of hydrogen-bond donors (Lipinski definition) is 2. The molecule has 4 rings (SSSR count). The first-order valence-corrected chi connectivity index (χ1v) is 9.67. The smallest absolute Gasteiger partial charge is 0.248 e. The van der Waals surface area contributed by atoms with Crippen molar-refractivity contribution in [3.8, 4) is 0 Å². The molecule has 0 spiro atoms. The summed E-state index contributed by atoms with van der Waals surface area (Å²) in [5.74, 6) is 0.518. The van der Waals surface area contributed by atoms with Crippen LogP contribution in [0.25, 0.3) is 0 Å². The molecular formula is C22H25N5O. The van der Waals surface area contributed by atoms with E-state index in [0.29, 0.717) is 5.56 Å². The van der Waals surface area contributed by atoms with Gasteiger partial charge in [0, 0.05) is 36.7 Å². The molecule has 1 atom stereocenters. The molecule has 0 aliphatic heterocycles. The van der Waals surface area contributed by atoms with Crippen LogP contribution >= 0.6 is 0 Å². The molecule has 0 saturated heterocycles. The molecule has 3 N–H and O–H groups in total. The summed E-state index contributed by atoms with van der Waals surface area (Å²) in [6.45, 7) is 3.49. The SMILES string of the molecule is Cc1ncc(CN(Cc2ccc(C(N)=O)cc2)C2CCCc3cccnc32)[nH]1. The van der Waals surface area contributed by atoms with E-state index in [0.717, 1.165) is 49.4 Å². The molecule has 0 saturated carbocycles. The van der Waals surface area contributed by atoms with E-state index in [1.807, 2.05) is 37.5 Å². The quantitative estimate of drug-likeness (QED) is 0.692. The number of aromatic amines is 1. The number of benzene rings is 1. The number of nitrogens with zero attached hydrogens (tertiary/aromatic N) is 3. The van der Waals surface area contributed by atoms with Crippen LogP contribution in [0.4, 0.5) is 0 Å². The number of hydrogen-bond acceptors (Lipinski definition) is 4. The molecule has 2 aromatic heterocycles. The Morgan fingerprint density at radius 1 is 1.21 bits per heavy atom. The van der Waals surface area contributed by atoms with Crippen LogP contribution < -0.4 is 5.73 Å². The second-order valence-corrected chi connectivity index (χ2v) is 7.42. The zero-order chi connectivity index (χ0) is 19.5. The predicted molar refractivity (Wildman–Crippen MR) is 107 cm³/mol. The van der Waals surface area contributed by atoms with Gasteiger partial charge in [0.25, 0.3) is 0 Å². The van der Waals surface area contributed by atoms with E-state index in [4.69, 9.17) is 10.7 Å². The second-order valence-electron chi connectivity index (χ2n) is 7.42. The fraction of sp³-hybridized carbons (Fsp3) is 0.318. The minimum Gasteiger partial charge on any atom is -0.366 e. The Bertz CT molecular complexity index is 963. The highest BCUT2D eigenvalue weighted by Gasteiger charge is 2.27. The van der Waals surface area contributed by atoms with E-state index in [1.54, 1.807) is 12.1 Å². The minimum atomic E-state index is -0.401. The number of fused-ring (bicyclic) bond motifs is 1. The van der Waals surface area contributed by atoms with E-state index >= 15 is 0 Å². The molecular weight excluding hydrogens is 350 g/mol. The van der Waals surface area contributed by atoms with Crippen LogP contribution in [0, 0.1) is 6.92 Å². The molecule has 1 aromatic carbocycles. The van der Waals surface area contributed by atoms with Gasteiger partial charge in [0.15, 0.2) is 0 Å². The number of aryl methyl sites for hydroxylation is 2. The molecule has 1 aliphatic rings. The third-order valence-electron chi connectivity index (χ3n) is 5.36. The van der Waals surface area contributed by atoms with Gasteiger partial charge in [-0.15, -0.1) is 0 Å². The summed E-state index contributed by atoms with van der Waals surface area (Å²) in [6, 6.07) is 12.0. The maximum Gasteiger partial charge on any atom is 0.248 e. The molecule has 3 aromatic rings. The van der Waals surface area contributed by atoms with Crippen LogP contribution in [-0.2, 0) is 19.5 Å². The highest BCUT2D eigenvalue weighted by atomic mass is 16.1. The fourth-order valence-electron chi connectivity index (χ4n) is 4.00. The number of primary amides is 1. The first-order valence-electron chi connectivity index (χ1n) is 9.67. The lowest BCUT2D eigenvalue weighted by molar-refractivity contribution is 0.1000. The number of amides is 1. The van der Waals surface area contributed by atoms with Gasteiger partial charge in [-0.3, -0.25) is 14.7 Å². The molecule has 1 unspecified atom stereocenters. The van der Waals surface area contributed by atoms with Crippen LogP contribution in [0.1, 0.15) is 57.6 Å². The summed E-state index contributed by atoms with van der Waals surface area (Å²) in [5.41, 5.74) is 10.7. The van der Waals surface area contributed by atoms with Crippen molar-refractivity contribution in [2.24, 2.45) is 5.73 Å². The van der Waals surface area contributed by atoms with Crippen LogP contribution in [0.2, 0.25) is 0 Å². The Balaban J connectivity index is 1.63. The molecule has 1 aliphatic carbocycles. The lowest BCUT2D eigenvalue weighted by Gasteiger charge is -2.35. The normalized spacial score (nSPS) is 16.1. The van der Waals surface area contributed by atoms with E-state index in [9.17, 15) is 4.79 Å². The summed E-state index contributed by atoms with van der Waals surface area (Å²) in [5, 5.41) is 0. The average molecular weight is 375 g/mol. The second kappa shape index (κ2) is 7.94. The number of imidazole rings is 1. The van der Waals surface area contributed by atoms with Crippen molar-refractivity contribution in [3.05, 3.63) is 82.7 Å². The number of nitrogens with two attached hydrogens (primary N) is 1. The van der Waals surface area contributed by atoms with Crippen LogP contribution in [0.15, 0.2) is 48.8 Å². The average Bonchev–Trinajstić information content (AvgIpc) is 3.12. The minimum absolute atomic E-state index is 0.254. The Labute approximate surface area is 164 Å². The fourth-order valence-corrected chi connectivity index (χ4v) is 4.00. The topological polar surface area (TPSA) is 87.9 Å². The van der Waals surface area contributed by atoms with Gasteiger partial charge in [-0.1, -0.05) is 18.2 Å². The van der Waals surface area contributed by atoms with Crippen molar-refractivity contribution in [2.45, 2.75) is 45.3 Å². The number of aromatic nitrogens is 3. The molecule has 28 heavy (non-hydrogen) atoms. The van der Waals surface area contributed by atoms with Gasteiger partial charge in [-0.25, -0.2) is 4.98 Å². The summed E-state index contributed by atoms with van der Waals surface area (Å²) >= 11 is 0. The van der Waals surface area contributed by atoms with Crippen molar-refractivity contribution in [1.82, 2.24) is 19.9 Å². The summed E-state index contributed by atoms with van der Waals surface area (Å²) in [4.78, 5) is 26.2. The van der Waals surface area contributed by atoms with Gasteiger partial charge < -0.3 is 10.7 Å². The van der Waals surface area contributed by atoms with Crippen LogP contribution in [0.3, 0.4) is 0 Å².